The lowest BCUT2D eigenvalue weighted by Gasteiger charge is -2.27. The molecule has 55 heavy (non-hydrogen) atoms. The monoisotopic (exact) mass is 783 g/mol. The number of pyridine rings is 1. The number of anilines is 2. The summed E-state index contributed by atoms with van der Waals surface area (Å²) in [6, 6.07) is 28.5. The smallest absolute Gasteiger partial charge is 0.340 e. The second-order valence-electron chi connectivity index (χ2n) is 13.6. The van der Waals surface area contributed by atoms with Gasteiger partial charge in [0.2, 0.25) is 5.91 Å². The third-order valence-corrected chi connectivity index (χ3v) is 10.7. The second-order valence-corrected chi connectivity index (χ2v) is 15.1. The highest BCUT2D eigenvalue weighted by atomic mass is 35.5. The van der Waals surface area contributed by atoms with Crippen molar-refractivity contribution >= 4 is 58.5 Å². The van der Waals surface area contributed by atoms with Gasteiger partial charge in [-0.3, -0.25) is 14.4 Å². The van der Waals surface area contributed by atoms with E-state index in [9.17, 15) is 32.3 Å². The van der Waals surface area contributed by atoms with Crippen molar-refractivity contribution in [2.45, 2.75) is 54.7 Å². The van der Waals surface area contributed by atoms with E-state index in [0.29, 0.717) is 11.1 Å². The third kappa shape index (κ3) is 7.67. The molecule has 1 fully saturated rings. The highest BCUT2D eigenvalue weighted by molar-refractivity contribution is 8.00. The van der Waals surface area contributed by atoms with Crippen LogP contribution >= 0.6 is 23.4 Å². The Labute approximate surface area is 323 Å². The zero-order valence-electron chi connectivity index (χ0n) is 29.4. The number of carbonyl (C=O) groups is 4. The van der Waals surface area contributed by atoms with E-state index in [1.54, 1.807) is 56.3 Å². The van der Waals surface area contributed by atoms with E-state index in [4.69, 9.17) is 11.6 Å². The molecular weight excluding hydrogens is 751 g/mol. The molecule has 14 heteroatoms. The third-order valence-electron chi connectivity index (χ3n) is 9.71. The van der Waals surface area contributed by atoms with E-state index in [1.807, 2.05) is 48.5 Å². The number of benzene rings is 4. The summed E-state index contributed by atoms with van der Waals surface area (Å²) in [5.74, 6) is -2.20. The van der Waals surface area contributed by atoms with Crippen molar-refractivity contribution in [2.75, 3.05) is 10.2 Å². The minimum atomic E-state index is -4.74. The number of amides is 5. The van der Waals surface area contributed by atoms with Crippen LogP contribution in [0.15, 0.2) is 120 Å². The summed E-state index contributed by atoms with van der Waals surface area (Å²) in [6.45, 7) is 3.11. The molecule has 280 valence electrons. The van der Waals surface area contributed by atoms with Gasteiger partial charge in [0.1, 0.15) is 16.7 Å². The maximum absolute atomic E-state index is 14.2. The van der Waals surface area contributed by atoms with Crippen LogP contribution in [-0.4, -0.2) is 44.7 Å². The van der Waals surface area contributed by atoms with Gasteiger partial charge in [0.15, 0.2) is 0 Å². The average molecular weight is 784 g/mol. The van der Waals surface area contributed by atoms with Crippen LogP contribution < -0.4 is 15.5 Å². The number of rotatable bonds is 10. The molecule has 1 aliphatic carbocycles. The van der Waals surface area contributed by atoms with E-state index >= 15 is 0 Å². The molecule has 0 saturated carbocycles. The zero-order chi connectivity index (χ0) is 39.1. The van der Waals surface area contributed by atoms with Crippen molar-refractivity contribution in [3.05, 3.63) is 143 Å². The molecule has 5 amide bonds. The van der Waals surface area contributed by atoms with Crippen molar-refractivity contribution in [1.82, 2.24) is 15.2 Å². The first-order valence-electron chi connectivity index (χ1n) is 17.2. The van der Waals surface area contributed by atoms with Gasteiger partial charge < -0.3 is 15.5 Å². The fourth-order valence-electron chi connectivity index (χ4n) is 7.06. The van der Waals surface area contributed by atoms with Crippen molar-refractivity contribution < 1.29 is 32.3 Å². The summed E-state index contributed by atoms with van der Waals surface area (Å²) in [5.41, 5.74) is -1.47. The van der Waals surface area contributed by atoms with Crippen LogP contribution in [0.1, 0.15) is 54.5 Å². The molecule has 0 bridgehead atoms. The quantitative estimate of drug-likeness (QED) is 0.0831. The van der Waals surface area contributed by atoms with E-state index < -0.39 is 52.6 Å². The van der Waals surface area contributed by atoms with Crippen LogP contribution in [0.4, 0.5) is 29.3 Å². The Morgan fingerprint density at radius 2 is 1.53 bits per heavy atom. The standard InChI is InChI=1S/C41H33ClF3N5O4S/c1-40(2)38(53)50(39(54)49(40)23-24-18-19-46-34(42)20-24)26-16-17-33(55-41(43,44)45)32(21-26)47-37(52)36(25-10-4-3-5-11-25)48-35(51)22-31-29-14-8-6-12-27(29)28-13-7-9-15-30(28)31/h3-21,31,36H,22-23H2,1-2H3,(H,47,52)(H,48,51). The maximum atomic E-state index is 14.2. The van der Waals surface area contributed by atoms with Gasteiger partial charge in [-0.05, 0) is 89.3 Å². The number of halogens is 4. The highest BCUT2D eigenvalue weighted by Gasteiger charge is 2.52. The number of aromatic nitrogens is 1. The molecule has 1 aliphatic heterocycles. The normalized spacial score (nSPS) is 15.5. The highest BCUT2D eigenvalue weighted by Crippen LogP contribution is 2.47. The molecule has 7 rings (SSSR count). The van der Waals surface area contributed by atoms with Gasteiger partial charge in [-0.2, -0.15) is 13.2 Å². The Kier molecular flexibility index (Phi) is 10.2. The first kappa shape index (κ1) is 37.6. The first-order chi connectivity index (χ1) is 26.2. The average Bonchev–Trinajstić information content (AvgIpc) is 3.54. The Morgan fingerprint density at radius 3 is 2.16 bits per heavy atom. The van der Waals surface area contributed by atoms with Crippen LogP contribution in [0.25, 0.3) is 11.1 Å². The lowest BCUT2D eigenvalue weighted by Crippen LogP contribution is -2.43. The molecule has 2 N–H and O–H groups in total. The molecule has 0 radical (unpaired) electrons. The SMILES string of the molecule is CC1(C)C(=O)N(c2ccc(SC(F)(F)F)c(NC(=O)C(NC(=O)CC3c4ccccc4-c4ccccc43)c3ccccc3)c2)C(=O)N1Cc1ccnc(Cl)c1. The fraction of sp³-hybridized carbons (Fsp3) is 0.195. The molecule has 0 spiro atoms. The Morgan fingerprint density at radius 1 is 0.891 bits per heavy atom. The van der Waals surface area contributed by atoms with Crippen molar-refractivity contribution in [1.29, 1.82) is 0 Å². The number of thioether (sulfide) groups is 1. The topological polar surface area (TPSA) is 112 Å². The predicted octanol–water partition coefficient (Wildman–Crippen LogP) is 9.09. The summed E-state index contributed by atoms with van der Waals surface area (Å²) >= 11 is 5.58. The fourth-order valence-corrected chi connectivity index (χ4v) is 7.86. The van der Waals surface area contributed by atoms with Gasteiger partial charge in [0, 0.05) is 30.0 Å². The van der Waals surface area contributed by atoms with Gasteiger partial charge in [0.05, 0.1) is 11.4 Å². The van der Waals surface area contributed by atoms with Crippen LogP contribution in [0.3, 0.4) is 0 Å². The summed E-state index contributed by atoms with van der Waals surface area (Å²) in [6.07, 6.45) is 1.47. The number of hydrogen-bond acceptors (Lipinski definition) is 6. The minimum absolute atomic E-state index is 0.00159. The zero-order valence-corrected chi connectivity index (χ0v) is 31.0. The first-order valence-corrected chi connectivity index (χ1v) is 18.4. The Bertz CT molecular complexity index is 2280. The van der Waals surface area contributed by atoms with E-state index in [0.717, 1.165) is 39.3 Å². The molecule has 9 nitrogen and oxygen atoms in total. The molecule has 1 unspecified atom stereocenters. The second kappa shape index (κ2) is 14.9. The predicted molar refractivity (Wildman–Crippen MR) is 204 cm³/mol. The van der Waals surface area contributed by atoms with Crippen molar-refractivity contribution in [2.24, 2.45) is 0 Å². The Balaban J connectivity index is 1.18. The molecule has 2 heterocycles. The molecule has 2 aliphatic rings. The van der Waals surface area contributed by atoms with E-state index in [-0.39, 0.29) is 40.3 Å². The minimum Gasteiger partial charge on any atom is -0.340 e. The molecule has 1 aromatic heterocycles. The molecule has 1 atom stereocenters. The van der Waals surface area contributed by atoms with Gasteiger partial charge in [0.25, 0.3) is 11.8 Å². The number of nitrogens with zero attached hydrogens (tertiary/aromatic N) is 3. The van der Waals surface area contributed by atoms with Crippen LogP contribution in [0.5, 0.6) is 0 Å². The van der Waals surface area contributed by atoms with Gasteiger partial charge in [-0.15, -0.1) is 0 Å². The number of urea groups is 1. The molecular formula is C41H33ClF3N5O4S. The van der Waals surface area contributed by atoms with Gasteiger partial charge >= 0.3 is 11.5 Å². The lowest BCUT2D eigenvalue weighted by atomic mass is 9.93. The number of hydrogen-bond donors (Lipinski definition) is 2. The van der Waals surface area contributed by atoms with E-state index in [2.05, 4.69) is 15.6 Å². The number of imide groups is 1. The van der Waals surface area contributed by atoms with Crippen LogP contribution in [0, 0.1) is 0 Å². The number of carbonyl (C=O) groups excluding carboxylic acids is 4. The maximum Gasteiger partial charge on any atom is 0.446 e. The van der Waals surface area contributed by atoms with Crippen molar-refractivity contribution in [3.63, 3.8) is 0 Å². The summed E-state index contributed by atoms with van der Waals surface area (Å²) in [5, 5.41) is 5.59. The Hall–Kier alpha value is -5.66. The van der Waals surface area contributed by atoms with Crippen molar-refractivity contribution in [3.8, 4) is 11.1 Å². The molecule has 5 aromatic rings. The molecule has 4 aromatic carbocycles. The summed E-state index contributed by atoms with van der Waals surface area (Å²) in [7, 11) is 0. The number of nitrogens with one attached hydrogen (secondary N) is 2. The largest absolute Gasteiger partial charge is 0.446 e. The lowest BCUT2D eigenvalue weighted by molar-refractivity contribution is -0.126. The molecule has 1 saturated heterocycles. The van der Waals surface area contributed by atoms with E-state index in [1.165, 1.54) is 17.2 Å². The van der Waals surface area contributed by atoms with Crippen LogP contribution in [-0.2, 0) is 20.9 Å². The van der Waals surface area contributed by atoms with Gasteiger partial charge in [-0.25, -0.2) is 14.7 Å². The van der Waals surface area contributed by atoms with Gasteiger partial charge in [-0.1, -0.05) is 90.5 Å². The number of alkyl halides is 3. The summed E-state index contributed by atoms with van der Waals surface area (Å²) in [4.78, 5) is 61.3. The van der Waals surface area contributed by atoms with Crippen LogP contribution in [0.2, 0.25) is 5.15 Å². The summed E-state index contributed by atoms with van der Waals surface area (Å²) < 4.78 is 41.5. The number of fused-ring (bicyclic) bond motifs is 3.